The molecule has 0 amide bonds. The molecule has 0 radical (unpaired) electrons. The minimum Gasteiger partial charge on any atom is -0.388 e. The highest BCUT2D eigenvalue weighted by Crippen LogP contribution is 2.34. The number of benzene rings is 1. The fourth-order valence-electron chi connectivity index (χ4n) is 3.35. The van der Waals surface area contributed by atoms with Crippen molar-refractivity contribution in [3.05, 3.63) is 34.9 Å². The van der Waals surface area contributed by atoms with Crippen molar-refractivity contribution in [3.8, 4) is 0 Å². The van der Waals surface area contributed by atoms with Crippen LogP contribution in [0.1, 0.15) is 49.0 Å². The van der Waals surface area contributed by atoms with Gasteiger partial charge in [0.1, 0.15) is 0 Å². The molecule has 0 aromatic heterocycles. The number of rotatable bonds is 2. The average Bonchev–Trinajstić information content (AvgIpc) is 2.83. The van der Waals surface area contributed by atoms with Gasteiger partial charge in [0.2, 0.25) is 0 Å². The summed E-state index contributed by atoms with van der Waals surface area (Å²) in [5, 5.41) is 10.5. The fraction of sp³-hybridized carbons (Fsp3) is 0.625. The molecule has 0 spiro atoms. The lowest BCUT2D eigenvalue weighted by atomic mass is 9.86. The van der Waals surface area contributed by atoms with E-state index >= 15 is 0 Å². The third-order valence-electron chi connectivity index (χ3n) is 4.55. The molecule has 3 atom stereocenters. The molecule has 1 aliphatic carbocycles. The zero-order chi connectivity index (χ0) is 12.5. The van der Waals surface area contributed by atoms with Crippen LogP contribution in [0.25, 0.3) is 0 Å². The first-order valence-electron chi connectivity index (χ1n) is 7.17. The van der Waals surface area contributed by atoms with E-state index in [9.17, 15) is 5.11 Å². The molecule has 1 aromatic carbocycles. The number of aliphatic hydroxyl groups is 1. The molecule has 1 N–H and O–H groups in total. The van der Waals surface area contributed by atoms with Gasteiger partial charge in [-0.15, -0.1) is 0 Å². The molecular weight excluding hydrogens is 224 g/mol. The normalized spacial score (nSPS) is 29.0. The zero-order valence-electron chi connectivity index (χ0n) is 11.1. The molecular formula is C16H22O2. The summed E-state index contributed by atoms with van der Waals surface area (Å²) in [6.45, 7) is 2.85. The second kappa shape index (κ2) is 5.02. The van der Waals surface area contributed by atoms with Gasteiger partial charge in [-0.3, -0.25) is 0 Å². The Hall–Kier alpha value is -0.860. The molecule has 1 heterocycles. The first kappa shape index (κ1) is 12.2. The molecule has 1 aromatic rings. The minimum atomic E-state index is -0.366. The van der Waals surface area contributed by atoms with Crippen LogP contribution in [0.3, 0.4) is 0 Å². The van der Waals surface area contributed by atoms with Crippen LogP contribution in [0.15, 0.2) is 18.2 Å². The molecule has 1 fully saturated rings. The summed E-state index contributed by atoms with van der Waals surface area (Å²) in [6.07, 6.45) is 5.75. The number of aliphatic hydroxyl groups excluding tert-OH is 1. The Labute approximate surface area is 109 Å². The maximum Gasteiger partial charge on any atom is 0.0843 e. The van der Waals surface area contributed by atoms with Crippen LogP contribution in [0.2, 0.25) is 0 Å². The Bertz CT molecular complexity index is 427. The van der Waals surface area contributed by atoms with E-state index in [1.807, 2.05) is 0 Å². The molecule has 1 saturated heterocycles. The lowest BCUT2D eigenvalue weighted by Crippen LogP contribution is -2.20. The van der Waals surface area contributed by atoms with E-state index in [-0.39, 0.29) is 18.1 Å². The van der Waals surface area contributed by atoms with Crippen molar-refractivity contribution in [2.75, 3.05) is 6.61 Å². The fourth-order valence-corrected chi connectivity index (χ4v) is 3.35. The molecule has 0 bridgehead atoms. The van der Waals surface area contributed by atoms with Crippen molar-refractivity contribution in [1.29, 1.82) is 0 Å². The first-order valence-corrected chi connectivity index (χ1v) is 7.17. The van der Waals surface area contributed by atoms with Crippen LogP contribution in [0, 0.1) is 5.92 Å². The van der Waals surface area contributed by atoms with Gasteiger partial charge in [0, 0.05) is 12.5 Å². The Morgan fingerprint density at radius 1 is 1.22 bits per heavy atom. The predicted octanol–water partition coefficient (Wildman–Crippen LogP) is 3.02. The topological polar surface area (TPSA) is 29.5 Å². The largest absolute Gasteiger partial charge is 0.388 e. The third-order valence-corrected chi connectivity index (χ3v) is 4.55. The van der Waals surface area contributed by atoms with Crippen LogP contribution in [0.5, 0.6) is 0 Å². The Morgan fingerprint density at radius 2 is 2.00 bits per heavy atom. The van der Waals surface area contributed by atoms with Crippen LogP contribution in [-0.4, -0.2) is 17.8 Å². The number of hydrogen-bond donors (Lipinski definition) is 1. The Morgan fingerprint density at radius 3 is 2.72 bits per heavy atom. The van der Waals surface area contributed by atoms with Crippen molar-refractivity contribution in [2.24, 2.45) is 5.92 Å². The summed E-state index contributed by atoms with van der Waals surface area (Å²) in [7, 11) is 0. The molecule has 3 unspecified atom stereocenters. The Balaban J connectivity index is 1.83. The van der Waals surface area contributed by atoms with Crippen molar-refractivity contribution >= 4 is 0 Å². The van der Waals surface area contributed by atoms with Gasteiger partial charge in [-0.1, -0.05) is 18.2 Å². The quantitative estimate of drug-likeness (QED) is 0.869. The lowest BCUT2D eigenvalue weighted by Gasteiger charge is -2.23. The summed E-state index contributed by atoms with van der Waals surface area (Å²) in [5.41, 5.74) is 4.01. The van der Waals surface area contributed by atoms with E-state index in [0.717, 1.165) is 18.6 Å². The highest BCUT2D eigenvalue weighted by atomic mass is 16.5. The second-order valence-electron chi connectivity index (χ2n) is 5.71. The third kappa shape index (κ3) is 2.19. The van der Waals surface area contributed by atoms with Gasteiger partial charge in [0.25, 0.3) is 0 Å². The van der Waals surface area contributed by atoms with E-state index in [4.69, 9.17) is 4.74 Å². The van der Waals surface area contributed by atoms with Crippen molar-refractivity contribution in [2.45, 2.75) is 51.2 Å². The number of hydrogen-bond acceptors (Lipinski definition) is 2. The predicted molar refractivity (Wildman–Crippen MR) is 71.6 cm³/mol. The molecule has 3 rings (SSSR count). The Kier molecular flexibility index (Phi) is 3.40. The average molecular weight is 246 g/mol. The summed E-state index contributed by atoms with van der Waals surface area (Å²) in [5.74, 6) is 0.256. The van der Waals surface area contributed by atoms with Crippen LogP contribution in [0.4, 0.5) is 0 Å². The summed E-state index contributed by atoms with van der Waals surface area (Å²) in [6, 6.07) is 6.55. The van der Waals surface area contributed by atoms with Crippen molar-refractivity contribution < 1.29 is 9.84 Å². The molecule has 2 heteroatoms. The molecule has 0 saturated carbocycles. The van der Waals surface area contributed by atoms with E-state index in [1.165, 1.54) is 36.8 Å². The van der Waals surface area contributed by atoms with E-state index in [0.29, 0.717) is 0 Å². The van der Waals surface area contributed by atoms with E-state index < -0.39 is 0 Å². The van der Waals surface area contributed by atoms with Crippen LogP contribution >= 0.6 is 0 Å². The number of fused-ring (bicyclic) bond motifs is 1. The number of aryl methyl sites for hydroxylation is 2. The van der Waals surface area contributed by atoms with Gasteiger partial charge in [-0.2, -0.15) is 0 Å². The second-order valence-corrected chi connectivity index (χ2v) is 5.71. The summed E-state index contributed by atoms with van der Waals surface area (Å²) < 4.78 is 5.56. The smallest absolute Gasteiger partial charge is 0.0843 e. The molecule has 2 aliphatic rings. The molecule has 1 aliphatic heterocycles. The van der Waals surface area contributed by atoms with E-state index in [2.05, 4.69) is 25.1 Å². The lowest BCUT2D eigenvalue weighted by molar-refractivity contribution is 0.0431. The van der Waals surface area contributed by atoms with Crippen LogP contribution < -0.4 is 0 Å². The van der Waals surface area contributed by atoms with Crippen molar-refractivity contribution in [3.63, 3.8) is 0 Å². The highest BCUT2D eigenvalue weighted by Gasteiger charge is 2.31. The van der Waals surface area contributed by atoms with Gasteiger partial charge in [0.15, 0.2) is 0 Å². The molecule has 2 nitrogen and oxygen atoms in total. The van der Waals surface area contributed by atoms with E-state index in [1.54, 1.807) is 0 Å². The highest BCUT2D eigenvalue weighted by molar-refractivity contribution is 5.35. The van der Waals surface area contributed by atoms with Gasteiger partial charge in [0.05, 0.1) is 12.2 Å². The molecule has 98 valence electrons. The van der Waals surface area contributed by atoms with Gasteiger partial charge in [-0.25, -0.2) is 0 Å². The number of ether oxygens (including phenoxy) is 1. The summed E-state index contributed by atoms with van der Waals surface area (Å²) >= 11 is 0. The first-order chi connectivity index (χ1) is 8.75. The van der Waals surface area contributed by atoms with Gasteiger partial charge in [-0.05, 0) is 55.7 Å². The SMILES string of the molecule is CC1OCCC1C(O)c1ccc2c(c1)CCCC2. The van der Waals surface area contributed by atoms with Gasteiger partial charge >= 0.3 is 0 Å². The minimum absolute atomic E-state index is 0.177. The van der Waals surface area contributed by atoms with Crippen LogP contribution in [-0.2, 0) is 17.6 Å². The zero-order valence-corrected chi connectivity index (χ0v) is 11.1. The summed E-state index contributed by atoms with van der Waals surface area (Å²) in [4.78, 5) is 0. The molecule has 18 heavy (non-hydrogen) atoms. The van der Waals surface area contributed by atoms with Gasteiger partial charge < -0.3 is 9.84 Å². The standard InChI is InChI=1S/C16H22O2/c1-11-15(8-9-18-11)16(17)14-7-6-12-4-2-3-5-13(12)10-14/h6-7,10-11,15-17H,2-5,8-9H2,1H3. The monoisotopic (exact) mass is 246 g/mol. The maximum absolute atomic E-state index is 10.5. The van der Waals surface area contributed by atoms with Crippen molar-refractivity contribution in [1.82, 2.24) is 0 Å². The maximum atomic E-state index is 10.5.